The molecule has 2 rings (SSSR count). The van der Waals surface area contributed by atoms with Crippen LogP contribution in [0.25, 0.3) is 0 Å². The average Bonchev–Trinajstić information content (AvgIpc) is 2.55. The third-order valence-electron chi connectivity index (χ3n) is 3.63. The average molecular weight is 327 g/mol. The summed E-state index contributed by atoms with van der Waals surface area (Å²) in [7, 11) is -2.14. The maximum Gasteiger partial charge on any atom is 0.305 e. The fourth-order valence-corrected chi connectivity index (χ4v) is 4.14. The van der Waals surface area contributed by atoms with Crippen molar-refractivity contribution in [3.63, 3.8) is 0 Å². The summed E-state index contributed by atoms with van der Waals surface area (Å²) < 4.78 is 36.6. The number of carbonyl (C=O) groups is 1. The van der Waals surface area contributed by atoms with E-state index in [2.05, 4.69) is 4.74 Å². The van der Waals surface area contributed by atoms with Crippen LogP contribution in [0.3, 0.4) is 0 Å². The van der Waals surface area contributed by atoms with Gasteiger partial charge in [-0.25, -0.2) is 8.42 Å². The Labute approximate surface area is 131 Å². The van der Waals surface area contributed by atoms with Gasteiger partial charge in [0, 0.05) is 13.0 Å². The summed E-state index contributed by atoms with van der Waals surface area (Å²) in [6.45, 7) is 1.07. The minimum atomic E-state index is -3.44. The first-order chi connectivity index (χ1) is 10.5. The van der Waals surface area contributed by atoms with Crippen molar-refractivity contribution in [1.82, 2.24) is 4.31 Å². The number of methoxy groups -OCH3 is 1. The first kappa shape index (κ1) is 16.9. The van der Waals surface area contributed by atoms with E-state index in [4.69, 9.17) is 4.74 Å². The van der Waals surface area contributed by atoms with E-state index >= 15 is 0 Å². The minimum Gasteiger partial charge on any atom is -0.469 e. The maximum absolute atomic E-state index is 12.6. The second-order valence-electron chi connectivity index (χ2n) is 5.11. The Hall–Kier alpha value is -1.44. The highest BCUT2D eigenvalue weighted by Gasteiger charge is 2.33. The number of hydrogen-bond donors (Lipinski definition) is 0. The molecule has 1 atom stereocenters. The third kappa shape index (κ3) is 4.28. The highest BCUT2D eigenvalue weighted by atomic mass is 32.2. The summed E-state index contributed by atoms with van der Waals surface area (Å²) in [4.78, 5) is 11.1. The summed E-state index contributed by atoms with van der Waals surface area (Å²) in [5.74, 6) is -0.456. The van der Waals surface area contributed by atoms with Crippen molar-refractivity contribution in [3.8, 4) is 0 Å². The molecule has 0 N–H and O–H groups in total. The van der Waals surface area contributed by atoms with Crippen molar-refractivity contribution < 1.29 is 22.7 Å². The molecule has 0 amide bonds. The van der Waals surface area contributed by atoms with Gasteiger partial charge in [0.15, 0.2) is 0 Å². The Morgan fingerprint density at radius 3 is 2.77 bits per heavy atom. The molecular formula is C15H21NO5S. The Balaban J connectivity index is 2.07. The van der Waals surface area contributed by atoms with E-state index in [-0.39, 0.29) is 24.6 Å². The van der Waals surface area contributed by atoms with Gasteiger partial charge in [-0.05, 0) is 12.0 Å². The predicted octanol–water partition coefficient (Wildman–Crippen LogP) is 1.34. The van der Waals surface area contributed by atoms with E-state index in [0.29, 0.717) is 19.8 Å². The van der Waals surface area contributed by atoms with Gasteiger partial charge < -0.3 is 9.47 Å². The van der Waals surface area contributed by atoms with Gasteiger partial charge in [0.1, 0.15) is 0 Å². The number of morpholine rings is 1. The molecule has 0 aromatic heterocycles. The van der Waals surface area contributed by atoms with Crippen molar-refractivity contribution >= 4 is 16.0 Å². The van der Waals surface area contributed by atoms with Crippen LogP contribution in [0.5, 0.6) is 0 Å². The van der Waals surface area contributed by atoms with E-state index < -0.39 is 16.0 Å². The van der Waals surface area contributed by atoms with Crippen molar-refractivity contribution in [3.05, 3.63) is 35.9 Å². The number of rotatable bonds is 6. The van der Waals surface area contributed by atoms with Crippen molar-refractivity contribution in [1.29, 1.82) is 0 Å². The molecule has 1 aliphatic rings. The van der Waals surface area contributed by atoms with Crippen molar-refractivity contribution in [2.24, 2.45) is 0 Å². The lowest BCUT2D eigenvalue weighted by Gasteiger charge is -2.34. The van der Waals surface area contributed by atoms with E-state index in [9.17, 15) is 13.2 Å². The second kappa shape index (κ2) is 7.71. The first-order valence-corrected chi connectivity index (χ1v) is 8.84. The second-order valence-corrected chi connectivity index (χ2v) is 7.15. The standard InChI is InChI=1S/C15H21NO5S/c1-20-15(17)8-5-11-22(18,19)16-9-10-21-12-14(16)13-6-3-2-4-7-13/h2-4,6-7,14H,5,8-12H2,1H3/t14-/m1/s1. The van der Waals surface area contributed by atoms with Gasteiger partial charge in [0.25, 0.3) is 0 Å². The summed E-state index contributed by atoms with van der Waals surface area (Å²) >= 11 is 0. The molecule has 0 unspecified atom stereocenters. The van der Waals surface area contributed by atoms with Gasteiger partial charge in [-0.1, -0.05) is 30.3 Å². The van der Waals surface area contributed by atoms with Crippen LogP contribution in [0.4, 0.5) is 0 Å². The van der Waals surface area contributed by atoms with Crippen LogP contribution in [0, 0.1) is 0 Å². The topological polar surface area (TPSA) is 72.9 Å². The summed E-state index contributed by atoms with van der Waals surface area (Å²) in [6.07, 6.45) is 0.365. The normalized spacial score (nSPS) is 19.8. The monoisotopic (exact) mass is 327 g/mol. The summed E-state index contributed by atoms with van der Waals surface area (Å²) in [5.41, 5.74) is 0.916. The number of ether oxygens (including phenoxy) is 2. The molecule has 0 bridgehead atoms. The van der Waals surface area contributed by atoms with Crippen LogP contribution in [-0.2, 0) is 24.3 Å². The largest absolute Gasteiger partial charge is 0.469 e. The number of nitrogens with zero attached hydrogens (tertiary/aromatic N) is 1. The van der Waals surface area contributed by atoms with Crippen molar-refractivity contribution in [2.75, 3.05) is 32.6 Å². The van der Waals surface area contributed by atoms with Gasteiger partial charge in [-0.15, -0.1) is 0 Å². The van der Waals surface area contributed by atoms with Crippen LogP contribution in [0.1, 0.15) is 24.4 Å². The predicted molar refractivity (Wildman–Crippen MR) is 81.7 cm³/mol. The van der Waals surface area contributed by atoms with E-state index in [1.165, 1.54) is 11.4 Å². The fraction of sp³-hybridized carbons (Fsp3) is 0.533. The van der Waals surface area contributed by atoms with E-state index in [0.717, 1.165) is 5.56 Å². The van der Waals surface area contributed by atoms with Crippen LogP contribution >= 0.6 is 0 Å². The molecule has 0 spiro atoms. The molecule has 0 aliphatic carbocycles. The van der Waals surface area contributed by atoms with Crippen LogP contribution in [-0.4, -0.2) is 51.3 Å². The van der Waals surface area contributed by atoms with Gasteiger partial charge in [-0.2, -0.15) is 4.31 Å². The Morgan fingerprint density at radius 1 is 1.36 bits per heavy atom. The lowest BCUT2D eigenvalue weighted by molar-refractivity contribution is -0.140. The van der Waals surface area contributed by atoms with Gasteiger partial charge in [0.05, 0.1) is 32.1 Å². The molecule has 7 heteroatoms. The zero-order valence-electron chi connectivity index (χ0n) is 12.6. The molecule has 1 aromatic rings. The third-order valence-corrected chi connectivity index (χ3v) is 5.59. The lowest BCUT2D eigenvalue weighted by Crippen LogP contribution is -2.44. The molecule has 0 radical (unpaired) electrons. The molecular weight excluding hydrogens is 306 g/mol. The van der Waals surface area contributed by atoms with Crippen LogP contribution in [0.15, 0.2) is 30.3 Å². The molecule has 122 valence electrons. The van der Waals surface area contributed by atoms with Crippen molar-refractivity contribution in [2.45, 2.75) is 18.9 Å². The molecule has 1 aromatic carbocycles. The van der Waals surface area contributed by atoms with Crippen LogP contribution < -0.4 is 0 Å². The smallest absolute Gasteiger partial charge is 0.305 e. The molecule has 1 fully saturated rings. The van der Waals surface area contributed by atoms with Gasteiger partial charge in [0.2, 0.25) is 10.0 Å². The fourth-order valence-electron chi connectivity index (χ4n) is 2.48. The van der Waals surface area contributed by atoms with Gasteiger partial charge in [-0.3, -0.25) is 4.79 Å². The summed E-state index contributed by atoms with van der Waals surface area (Å²) in [6, 6.07) is 9.14. The Bertz CT molecular complexity index is 587. The molecule has 1 aliphatic heterocycles. The number of sulfonamides is 1. The van der Waals surface area contributed by atoms with E-state index in [1.807, 2.05) is 30.3 Å². The van der Waals surface area contributed by atoms with Crippen LogP contribution in [0.2, 0.25) is 0 Å². The number of benzene rings is 1. The van der Waals surface area contributed by atoms with Gasteiger partial charge >= 0.3 is 5.97 Å². The summed E-state index contributed by atoms with van der Waals surface area (Å²) in [5, 5.41) is 0. The molecule has 1 heterocycles. The Kier molecular flexibility index (Phi) is 5.93. The SMILES string of the molecule is COC(=O)CCCS(=O)(=O)N1CCOC[C@@H]1c1ccccc1. The van der Waals surface area contributed by atoms with E-state index in [1.54, 1.807) is 0 Å². The Morgan fingerprint density at radius 2 is 2.09 bits per heavy atom. The minimum absolute atomic E-state index is 0.0641. The molecule has 0 saturated carbocycles. The zero-order chi connectivity index (χ0) is 16.0. The highest BCUT2D eigenvalue weighted by molar-refractivity contribution is 7.89. The molecule has 22 heavy (non-hydrogen) atoms. The zero-order valence-corrected chi connectivity index (χ0v) is 13.4. The number of esters is 1. The maximum atomic E-state index is 12.6. The lowest BCUT2D eigenvalue weighted by atomic mass is 10.1. The quantitative estimate of drug-likeness (QED) is 0.737. The number of carbonyl (C=O) groups excluding carboxylic acids is 1. The number of hydrogen-bond acceptors (Lipinski definition) is 5. The molecule has 1 saturated heterocycles. The molecule has 6 nitrogen and oxygen atoms in total. The first-order valence-electron chi connectivity index (χ1n) is 7.23. The highest BCUT2D eigenvalue weighted by Crippen LogP contribution is 2.27.